The standard InChI is InChI=1S/C18H13NO/c1-11(20)12-6-8-14-13(10-12)7-9-16-15-4-2-3-5-17(15)19-18(14)16/h2-10,19-20H,1H2. The number of hydrogen-bond acceptors (Lipinski definition) is 1. The van der Waals surface area contributed by atoms with Crippen LogP contribution in [0.25, 0.3) is 38.3 Å². The highest BCUT2D eigenvalue weighted by Crippen LogP contribution is 2.31. The zero-order valence-electron chi connectivity index (χ0n) is 10.9. The second-order valence-electron chi connectivity index (χ2n) is 5.04. The van der Waals surface area contributed by atoms with Gasteiger partial charge in [0.2, 0.25) is 0 Å². The SMILES string of the molecule is C=C(O)c1ccc2c(ccc3c4ccccc4[nH]c23)c1. The van der Waals surface area contributed by atoms with Crippen molar-refractivity contribution in [2.24, 2.45) is 0 Å². The smallest absolute Gasteiger partial charge is 0.115 e. The maximum Gasteiger partial charge on any atom is 0.115 e. The van der Waals surface area contributed by atoms with E-state index in [1.54, 1.807) is 0 Å². The van der Waals surface area contributed by atoms with Crippen LogP contribution >= 0.6 is 0 Å². The molecule has 96 valence electrons. The molecule has 0 unspecified atom stereocenters. The van der Waals surface area contributed by atoms with E-state index in [0.717, 1.165) is 27.4 Å². The summed E-state index contributed by atoms with van der Waals surface area (Å²) in [5.41, 5.74) is 3.04. The topological polar surface area (TPSA) is 36.0 Å². The molecule has 20 heavy (non-hydrogen) atoms. The van der Waals surface area contributed by atoms with Gasteiger partial charge in [-0.05, 0) is 17.5 Å². The average molecular weight is 259 g/mol. The molecule has 1 aromatic heterocycles. The summed E-state index contributed by atoms with van der Waals surface area (Å²) in [4.78, 5) is 3.48. The molecule has 0 radical (unpaired) electrons. The Labute approximate surface area is 116 Å². The molecule has 3 aromatic carbocycles. The lowest BCUT2D eigenvalue weighted by molar-refractivity contribution is 0.514. The van der Waals surface area contributed by atoms with Crippen molar-refractivity contribution in [1.29, 1.82) is 0 Å². The average Bonchev–Trinajstić information content (AvgIpc) is 2.85. The third kappa shape index (κ3) is 1.45. The monoisotopic (exact) mass is 259 g/mol. The Balaban J connectivity index is 2.16. The molecule has 4 rings (SSSR count). The van der Waals surface area contributed by atoms with Gasteiger partial charge in [-0.3, -0.25) is 0 Å². The van der Waals surface area contributed by atoms with Crippen molar-refractivity contribution < 1.29 is 5.11 Å². The molecule has 0 aliphatic heterocycles. The Hall–Kier alpha value is -2.74. The first kappa shape index (κ1) is 11.1. The van der Waals surface area contributed by atoms with Crippen LogP contribution in [0, 0.1) is 0 Å². The van der Waals surface area contributed by atoms with Crippen LogP contribution in [0.15, 0.2) is 61.2 Å². The molecule has 1 heterocycles. The Morgan fingerprint density at radius 1 is 0.900 bits per heavy atom. The van der Waals surface area contributed by atoms with Gasteiger partial charge in [-0.25, -0.2) is 0 Å². The summed E-state index contributed by atoms with van der Waals surface area (Å²) >= 11 is 0. The number of aromatic amines is 1. The van der Waals surface area contributed by atoms with Gasteiger partial charge in [0.15, 0.2) is 0 Å². The normalized spacial score (nSPS) is 11.4. The van der Waals surface area contributed by atoms with Gasteiger partial charge in [-0.2, -0.15) is 0 Å². The number of aromatic nitrogens is 1. The van der Waals surface area contributed by atoms with Crippen LogP contribution in [0.5, 0.6) is 0 Å². The first-order chi connectivity index (χ1) is 9.74. The van der Waals surface area contributed by atoms with E-state index in [-0.39, 0.29) is 5.76 Å². The maximum absolute atomic E-state index is 9.51. The highest BCUT2D eigenvalue weighted by molar-refractivity contribution is 6.17. The molecule has 2 N–H and O–H groups in total. The summed E-state index contributed by atoms with van der Waals surface area (Å²) < 4.78 is 0. The first-order valence-corrected chi connectivity index (χ1v) is 6.55. The zero-order valence-corrected chi connectivity index (χ0v) is 10.9. The van der Waals surface area contributed by atoms with Crippen LogP contribution in [-0.4, -0.2) is 10.1 Å². The minimum Gasteiger partial charge on any atom is -0.508 e. The van der Waals surface area contributed by atoms with Crippen LogP contribution in [0.3, 0.4) is 0 Å². The van der Waals surface area contributed by atoms with Gasteiger partial charge < -0.3 is 10.1 Å². The number of fused-ring (bicyclic) bond motifs is 5. The van der Waals surface area contributed by atoms with Crippen LogP contribution in [0.4, 0.5) is 0 Å². The van der Waals surface area contributed by atoms with Crippen LogP contribution in [0.2, 0.25) is 0 Å². The summed E-state index contributed by atoms with van der Waals surface area (Å²) in [6.07, 6.45) is 0. The lowest BCUT2D eigenvalue weighted by atomic mass is 10.0. The van der Waals surface area contributed by atoms with Crippen LogP contribution in [0.1, 0.15) is 5.56 Å². The molecule has 0 bridgehead atoms. The summed E-state index contributed by atoms with van der Waals surface area (Å²) in [6.45, 7) is 3.58. The number of aliphatic hydroxyl groups excluding tert-OH is 1. The molecule has 4 aromatic rings. The van der Waals surface area contributed by atoms with E-state index in [0.29, 0.717) is 0 Å². The minimum absolute atomic E-state index is 0.101. The van der Waals surface area contributed by atoms with E-state index >= 15 is 0 Å². The van der Waals surface area contributed by atoms with Gasteiger partial charge in [0.1, 0.15) is 5.76 Å². The minimum atomic E-state index is 0.101. The highest BCUT2D eigenvalue weighted by Gasteiger charge is 2.08. The number of aliphatic hydroxyl groups is 1. The Morgan fingerprint density at radius 3 is 2.55 bits per heavy atom. The highest BCUT2D eigenvalue weighted by atomic mass is 16.3. The Bertz CT molecular complexity index is 979. The summed E-state index contributed by atoms with van der Waals surface area (Å²) in [5.74, 6) is 0.101. The molecule has 0 saturated heterocycles. The predicted octanol–water partition coefficient (Wildman–Crippen LogP) is 5.00. The quantitative estimate of drug-likeness (QED) is 0.463. The number of benzene rings is 3. The fourth-order valence-corrected chi connectivity index (χ4v) is 2.83. The summed E-state index contributed by atoms with van der Waals surface area (Å²) in [7, 11) is 0. The number of hydrogen-bond donors (Lipinski definition) is 2. The molecule has 0 aliphatic carbocycles. The zero-order chi connectivity index (χ0) is 13.7. The molecular formula is C18H13NO. The number of rotatable bonds is 1. The Morgan fingerprint density at radius 2 is 1.70 bits per heavy atom. The first-order valence-electron chi connectivity index (χ1n) is 6.55. The lowest BCUT2D eigenvalue weighted by Gasteiger charge is -2.03. The van der Waals surface area contributed by atoms with E-state index in [1.807, 2.05) is 24.3 Å². The second kappa shape index (κ2) is 3.87. The van der Waals surface area contributed by atoms with E-state index < -0.39 is 0 Å². The lowest BCUT2D eigenvalue weighted by Crippen LogP contribution is -1.82. The van der Waals surface area contributed by atoms with E-state index in [4.69, 9.17) is 0 Å². The van der Waals surface area contributed by atoms with Crippen molar-refractivity contribution in [3.63, 3.8) is 0 Å². The van der Waals surface area contributed by atoms with Gasteiger partial charge in [0, 0.05) is 27.2 Å². The summed E-state index contributed by atoms with van der Waals surface area (Å²) in [5, 5.41) is 14.2. The second-order valence-corrected chi connectivity index (χ2v) is 5.04. The van der Waals surface area contributed by atoms with Crippen molar-refractivity contribution in [3.05, 3.63) is 66.7 Å². The molecule has 0 aliphatic rings. The van der Waals surface area contributed by atoms with E-state index in [1.165, 1.54) is 10.8 Å². The maximum atomic E-state index is 9.51. The Kier molecular flexibility index (Phi) is 2.15. The van der Waals surface area contributed by atoms with Crippen molar-refractivity contribution in [3.8, 4) is 0 Å². The largest absolute Gasteiger partial charge is 0.508 e. The molecule has 2 nitrogen and oxygen atoms in total. The van der Waals surface area contributed by atoms with Crippen LogP contribution in [-0.2, 0) is 0 Å². The predicted molar refractivity (Wildman–Crippen MR) is 85.0 cm³/mol. The molecule has 0 fully saturated rings. The fourth-order valence-electron chi connectivity index (χ4n) is 2.83. The van der Waals surface area contributed by atoms with Crippen LogP contribution < -0.4 is 0 Å². The van der Waals surface area contributed by atoms with Gasteiger partial charge in [0.25, 0.3) is 0 Å². The third-order valence-corrected chi connectivity index (χ3v) is 3.83. The fraction of sp³-hybridized carbons (Fsp3) is 0. The van der Waals surface area contributed by atoms with Crippen molar-refractivity contribution in [1.82, 2.24) is 4.98 Å². The van der Waals surface area contributed by atoms with E-state index in [9.17, 15) is 5.11 Å². The van der Waals surface area contributed by atoms with Gasteiger partial charge >= 0.3 is 0 Å². The van der Waals surface area contributed by atoms with Crippen molar-refractivity contribution >= 4 is 38.3 Å². The molecule has 0 atom stereocenters. The molecule has 2 heteroatoms. The molecule has 0 spiro atoms. The molecular weight excluding hydrogens is 246 g/mol. The van der Waals surface area contributed by atoms with E-state index in [2.05, 4.69) is 41.9 Å². The van der Waals surface area contributed by atoms with Gasteiger partial charge in [0.05, 0.1) is 5.52 Å². The van der Waals surface area contributed by atoms with Gasteiger partial charge in [-0.1, -0.05) is 49.0 Å². The van der Waals surface area contributed by atoms with Crippen molar-refractivity contribution in [2.45, 2.75) is 0 Å². The number of para-hydroxylation sites is 1. The number of nitrogens with one attached hydrogen (secondary N) is 1. The number of H-pyrrole nitrogens is 1. The third-order valence-electron chi connectivity index (χ3n) is 3.83. The summed E-state index contributed by atoms with van der Waals surface area (Å²) in [6, 6.07) is 18.4. The molecule has 0 amide bonds. The molecule has 0 saturated carbocycles. The van der Waals surface area contributed by atoms with Gasteiger partial charge in [-0.15, -0.1) is 0 Å². The van der Waals surface area contributed by atoms with Crippen molar-refractivity contribution in [2.75, 3.05) is 0 Å².